The second kappa shape index (κ2) is 9.15. The van der Waals surface area contributed by atoms with Crippen LogP contribution >= 0.6 is 0 Å². The minimum absolute atomic E-state index is 0.171. The third-order valence-electron chi connectivity index (χ3n) is 4.35. The number of rotatable bonds is 7. The van der Waals surface area contributed by atoms with E-state index in [0.717, 1.165) is 11.1 Å². The van der Waals surface area contributed by atoms with E-state index in [2.05, 4.69) is 0 Å². The molecule has 1 aromatic heterocycles. The van der Waals surface area contributed by atoms with Crippen molar-refractivity contribution in [3.05, 3.63) is 54.6 Å². The molecule has 0 saturated heterocycles. The van der Waals surface area contributed by atoms with Crippen molar-refractivity contribution in [1.82, 2.24) is 10.2 Å². The number of benzene rings is 2. The van der Waals surface area contributed by atoms with Crippen LogP contribution in [-0.4, -0.2) is 42.7 Å². The lowest BCUT2D eigenvalue weighted by atomic mass is 10.1. The Balaban J connectivity index is 1.99. The highest BCUT2D eigenvalue weighted by atomic mass is 16.9. The molecule has 0 aliphatic rings. The molecule has 1 N–H and O–H groups in total. The van der Waals surface area contributed by atoms with Gasteiger partial charge in [0.25, 0.3) is 5.91 Å². The lowest BCUT2D eigenvalue weighted by Gasteiger charge is -2.15. The van der Waals surface area contributed by atoms with E-state index in [9.17, 15) is 10.0 Å². The van der Waals surface area contributed by atoms with Gasteiger partial charge in [0.1, 0.15) is 22.9 Å². The highest BCUT2D eigenvalue weighted by Crippen LogP contribution is 2.36. The molecule has 0 unspecified atom stereocenters. The van der Waals surface area contributed by atoms with Gasteiger partial charge in [-0.1, -0.05) is 0 Å². The highest BCUT2D eigenvalue weighted by molar-refractivity contribution is 5.75. The number of carbonyl (C=O) groups excluding carboxylic acids is 1. The molecule has 1 heterocycles. The summed E-state index contributed by atoms with van der Waals surface area (Å²) in [5, 5.41) is 9.58. The number of ether oxygens (including phenoxy) is 3. The first-order valence-corrected chi connectivity index (χ1v) is 9.02. The van der Waals surface area contributed by atoms with Crippen LogP contribution in [0.1, 0.15) is 6.92 Å². The van der Waals surface area contributed by atoms with Gasteiger partial charge in [-0.15, -0.1) is 0 Å². The molecule has 8 heteroatoms. The molecule has 2 aromatic carbocycles. The van der Waals surface area contributed by atoms with Gasteiger partial charge in [-0.3, -0.25) is 10.0 Å². The minimum atomic E-state index is -0.636. The zero-order chi connectivity index (χ0) is 21.7. The number of methoxy groups -OCH3 is 3. The molecule has 0 atom stereocenters. The van der Waals surface area contributed by atoms with Gasteiger partial charge in [-0.05, 0) is 53.8 Å². The molecule has 8 nitrogen and oxygen atoms in total. The van der Waals surface area contributed by atoms with Crippen LogP contribution in [0, 0.1) is 0 Å². The van der Waals surface area contributed by atoms with Crippen molar-refractivity contribution in [1.29, 1.82) is 0 Å². The lowest BCUT2D eigenvalue weighted by Crippen LogP contribution is -2.28. The molecule has 0 bridgehead atoms. The van der Waals surface area contributed by atoms with E-state index in [1.54, 1.807) is 51.7 Å². The van der Waals surface area contributed by atoms with E-state index >= 15 is 0 Å². The van der Waals surface area contributed by atoms with Crippen LogP contribution < -0.4 is 19.0 Å². The molecule has 0 spiro atoms. The number of carbonyl (C=O) groups is 1. The number of aromatic nitrogens is 1. The van der Waals surface area contributed by atoms with Gasteiger partial charge < -0.3 is 19.0 Å². The summed E-state index contributed by atoms with van der Waals surface area (Å²) in [6.07, 6.45) is 0. The molecule has 1 amide bonds. The summed E-state index contributed by atoms with van der Waals surface area (Å²) in [5.41, 5.74) is 2.89. The van der Waals surface area contributed by atoms with Crippen molar-refractivity contribution in [2.75, 3.05) is 21.3 Å². The molecule has 0 aliphatic carbocycles. The van der Waals surface area contributed by atoms with Crippen molar-refractivity contribution in [3.8, 4) is 45.5 Å². The summed E-state index contributed by atoms with van der Waals surface area (Å²) < 4.78 is 16.2. The standard InChI is InChI=1S/C22H22N2O6/c1-14(25)24(26)30-16-7-5-15(6-8-16)22-20(28-3)12-11-19(23-22)18-10-9-17(27-2)13-21(18)29-4/h5-13,26H,1-4H3. The number of hydrogen-bond acceptors (Lipinski definition) is 7. The normalized spacial score (nSPS) is 10.3. The summed E-state index contributed by atoms with van der Waals surface area (Å²) in [4.78, 5) is 20.9. The fraction of sp³-hybridized carbons (Fsp3) is 0.182. The largest absolute Gasteiger partial charge is 0.497 e. The van der Waals surface area contributed by atoms with E-state index in [0.29, 0.717) is 34.4 Å². The summed E-state index contributed by atoms with van der Waals surface area (Å²) in [5.74, 6) is 1.57. The average molecular weight is 410 g/mol. The van der Waals surface area contributed by atoms with Crippen LogP contribution in [0.4, 0.5) is 0 Å². The van der Waals surface area contributed by atoms with Crippen molar-refractivity contribution in [2.24, 2.45) is 0 Å². The summed E-state index contributed by atoms with van der Waals surface area (Å²) >= 11 is 0. The third kappa shape index (κ3) is 4.44. The fourth-order valence-corrected chi connectivity index (χ4v) is 2.82. The second-order valence-corrected chi connectivity index (χ2v) is 6.22. The van der Waals surface area contributed by atoms with Gasteiger partial charge in [0, 0.05) is 24.1 Å². The molecule has 0 saturated carbocycles. The Bertz CT molecular complexity index is 1040. The van der Waals surface area contributed by atoms with E-state index in [1.165, 1.54) is 6.92 Å². The maximum Gasteiger partial charge on any atom is 0.281 e. The third-order valence-corrected chi connectivity index (χ3v) is 4.35. The van der Waals surface area contributed by atoms with Crippen molar-refractivity contribution < 1.29 is 29.0 Å². The average Bonchev–Trinajstić information content (AvgIpc) is 2.78. The van der Waals surface area contributed by atoms with Gasteiger partial charge in [0.2, 0.25) is 0 Å². The Morgan fingerprint density at radius 3 is 2.13 bits per heavy atom. The van der Waals surface area contributed by atoms with E-state index in [-0.39, 0.29) is 5.23 Å². The quantitative estimate of drug-likeness (QED) is 0.465. The predicted molar refractivity (Wildman–Crippen MR) is 110 cm³/mol. The van der Waals surface area contributed by atoms with Crippen LogP contribution in [0.15, 0.2) is 54.6 Å². The monoisotopic (exact) mass is 410 g/mol. The molecule has 3 rings (SSSR count). The maximum absolute atomic E-state index is 11.1. The van der Waals surface area contributed by atoms with Crippen LogP contribution in [-0.2, 0) is 4.79 Å². The topological polar surface area (TPSA) is 90.3 Å². The summed E-state index contributed by atoms with van der Waals surface area (Å²) in [6.45, 7) is 1.18. The van der Waals surface area contributed by atoms with Crippen LogP contribution in [0.2, 0.25) is 0 Å². The fourth-order valence-electron chi connectivity index (χ4n) is 2.82. The molecular weight excluding hydrogens is 388 g/mol. The zero-order valence-electron chi connectivity index (χ0n) is 17.1. The van der Waals surface area contributed by atoms with Crippen molar-refractivity contribution in [3.63, 3.8) is 0 Å². The lowest BCUT2D eigenvalue weighted by molar-refractivity contribution is -0.263. The van der Waals surface area contributed by atoms with E-state index < -0.39 is 5.91 Å². The molecule has 156 valence electrons. The number of amides is 1. The molecular formula is C22H22N2O6. The molecule has 0 aliphatic heterocycles. The Kier molecular flexibility index (Phi) is 6.38. The van der Waals surface area contributed by atoms with Gasteiger partial charge >= 0.3 is 0 Å². The minimum Gasteiger partial charge on any atom is -0.497 e. The SMILES string of the molecule is COc1ccc(-c2ccc(OC)c(-c3ccc(ON(O)C(C)=O)cc3)n2)c(OC)c1. The summed E-state index contributed by atoms with van der Waals surface area (Å²) in [7, 11) is 4.76. The van der Waals surface area contributed by atoms with Gasteiger partial charge in [-0.2, -0.15) is 0 Å². The van der Waals surface area contributed by atoms with Gasteiger partial charge in [0.15, 0.2) is 5.75 Å². The van der Waals surface area contributed by atoms with E-state index in [4.69, 9.17) is 24.0 Å². The smallest absolute Gasteiger partial charge is 0.281 e. The van der Waals surface area contributed by atoms with Gasteiger partial charge in [0.05, 0.1) is 27.0 Å². The Hall–Kier alpha value is -3.78. The summed E-state index contributed by atoms with van der Waals surface area (Å²) in [6, 6.07) is 15.9. The van der Waals surface area contributed by atoms with Crippen molar-refractivity contribution >= 4 is 5.91 Å². The molecule has 0 fully saturated rings. The Labute approximate surface area is 174 Å². The highest BCUT2D eigenvalue weighted by Gasteiger charge is 2.15. The first kappa shape index (κ1) is 20.9. The number of hydroxylamine groups is 2. The van der Waals surface area contributed by atoms with Gasteiger partial charge in [-0.25, -0.2) is 4.98 Å². The number of pyridine rings is 1. The molecule has 30 heavy (non-hydrogen) atoms. The number of hydrogen-bond donors (Lipinski definition) is 1. The Morgan fingerprint density at radius 2 is 1.53 bits per heavy atom. The second-order valence-electron chi connectivity index (χ2n) is 6.22. The molecule has 0 radical (unpaired) electrons. The number of nitrogens with zero attached hydrogens (tertiary/aromatic N) is 2. The van der Waals surface area contributed by atoms with Crippen LogP contribution in [0.25, 0.3) is 22.5 Å². The first-order chi connectivity index (χ1) is 14.5. The predicted octanol–water partition coefficient (Wildman–Crippen LogP) is 3.97. The first-order valence-electron chi connectivity index (χ1n) is 9.02. The zero-order valence-corrected chi connectivity index (χ0v) is 17.1. The molecule has 3 aromatic rings. The maximum atomic E-state index is 11.1. The van der Waals surface area contributed by atoms with E-state index in [1.807, 2.05) is 24.3 Å². The Morgan fingerprint density at radius 1 is 0.867 bits per heavy atom. The van der Waals surface area contributed by atoms with Crippen molar-refractivity contribution in [2.45, 2.75) is 6.92 Å². The van der Waals surface area contributed by atoms with Crippen LogP contribution in [0.5, 0.6) is 23.0 Å². The van der Waals surface area contributed by atoms with Crippen LogP contribution in [0.3, 0.4) is 0 Å².